The fraction of sp³-hybridized carbons (Fsp3) is 0.917. The normalized spacial score (nSPS) is 26.1. The van der Waals surface area contributed by atoms with Crippen LogP contribution in [0.3, 0.4) is 0 Å². The van der Waals surface area contributed by atoms with Gasteiger partial charge in [-0.25, -0.2) is 0 Å². The minimum Gasteiger partial charge on any atom is -0.301 e. The zero-order chi connectivity index (χ0) is 10.7. The van der Waals surface area contributed by atoms with Gasteiger partial charge < -0.3 is 9.80 Å². The number of hydrogen-bond acceptors (Lipinski definition) is 3. The molecule has 0 unspecified atom stereocenters. The Morgan fingerprint density at radius 1 is 1.13 bits per heavy atom. The van der Waals surface area contributed by atoms with Crippen LogP contribution in [0.15, 0.2) is 0 Å². The molecular weight excluding hydrogens is 186 g/mol. The average Bonchev–Trinajstić information content (AvgIpc) is 3.00. The average molecular weight is 207 g/mol. The molecule has 3 nitrogen and oxygen atoms in total. The van der Waals surface area contributed by atoms with Crippen molar-refractivity contribution in [1.82, 2.24) is 9.80 Å². The second kappa shape index (κ2) is 4.51. The van der Waals surface area contributed by atoms with E-state index in [1.807, 2.05) is 0 Å². The van der Waals surface area contributed by atoms with Gasteiger partial charge in [0.15, 0.2) is 0 Å². The molecule has 1 aliphatic carbocycles. The number of nitriles is 1. The van der Waals surface area contributed by atoms with Gasteiger partial charge in [0.05, 0.1) is 6.07 Å². The van der Waals surface area contributed by atoms with Crippen LogP contribution in [0.5, 0.6) is 0 Å². The molecule has 1 heterocycles. The monoisotopic (exact) mass is 207 g/mol. The Hall–Kier alpha value is -0.590. The Bertz CT molecular complexity index is 244. The van der Waals surface area contributed by atoms with Gasteiger partial charge in [-0.3, -0.25) is 0 Å². The molecule has 2 aliphatic rings. The molecule has 0 bridgehead atoms. The van der Waals surface area contributed by atoms with E-state index in [9.17, 15) is 0 Å². The molecule has 0 radical (unpaired) electrons. The summed E-state index contributed by atoms with van der Waals surface area (Å²) < 4.78 is 0. The molecule has 2 rings (SSSR count). The van der Waals surface area contributed by atoms with Crippen LogP contribution >= 0.6 is 0 Å². The van der Waals surface area contributed by atoms with E-state index in [0.717, 1.165) is 13.0 Å². The molecular formula is C12H21N3. The second-order valence-corrected chi connectivity index (χ2v) is 5.05. The molecule has 0 aromatic heterocycles. The highest BCUT2D eigenvalue weighted by molar-refractivity contribution is 5.01. The van der Waals surface area contributed by atoms with Crippen molar-refractivity contribution < 1.29 is 0 Å². The summed E-state index contributed by atoms with van der Waals surface area (Å²) in [5.74, 6) is 0. The SMILES string of the molecule is CCN1CCN(CC2(CC#N)CC2)CC1. The molecule has 84 valence electrons. The minimum absolute atomic E-state index is 0.392. The fourth-order valence-electron chi connectivity index (χ4n) is 2.47. The lowest BCUT2D eigenvalue weighted by molar-refractivity contribution is 0.117. The highest BCUT2D eigenvalue weighted by Crippen LogP contribution is 2.49. The molecule has 3 heteroatoms. The van der Waals surface area contributed by atoms with Crippen molar-refractivity contribution >= 4 is 0 Å². The molecule has 0 spiro atoms. The molecule has 0 N–H and O–H groups in total. The summed E-state index contributed by atoms with van der Waals surface area (Å²) in [6.45, 7) is 9.38. The molecule has 0 aromatic carbocycles. The summed E-state index contributed by atoms with van der Waals surface area (Å²) in [7, 11) is 0. The lowest BCUT2D eigenvalue weighted by Gasteiger charge is -2.35. The van der Waals surface area contributed by atoms with Gasteiger partial charge in [-0.15, -0.1) is 0 Å². The van der Waals surface area contributed by atoms with Crippen molar-refractivity contribution in [2.24, 2.45) is 5.41 Å². The fourth-order valence-corrected chi connectivity index (χ4v) is 2.47. The Morgan fingerprint density at radius 3 is 2.20 bits per heavy atom. The molecule has 2 fully saturated rings. The van der Waals surface area contributed by atoms with Crippen LogP contribution < -0.4 is 0 Å². The summed E-state index contributed by atoms with van der Waals surface area (Å²) in [5.41, 5.74) is 0.392. The Balaban J connectivity index is 1.75. The number of nitrogens with zero attached hydrogens (tertiary/aromatic N) is 3. The maximum atomic E-state index is 8.77. The highest BCUT2D eigenvalue weighted by Gasteiger charge is 2.43. The number of likely N-dealkylation sites (N-methyl/N-ethyl adjacent to an activating group) is 1. The van der Waals surface area contributed by atoms with Crippen molar-refractivity contribution in [2.45, 2.75) is 26.2 Å². The van der Waals surface area contributed by atoms with Crippen LogP contribution in [0.2, 0.25) is 0 Å². The van der Waals surface area contributed by atoms with E-state index >= 15 is 0 Å². The zero-order valence-corrected chi connectivity index (χ0v) is 9.71. The van der Waals surface area contributed by atoms with E-state index in [4.69, 9.17) is 5.26 Å². The van der Waals surface area contributed by atoms with E-state index in [-0.39, 0.29) is 0 Å². The Labute approximate surface area is 92.7 Å². The first-order valence-corrected chi connectivity index (χ1v) is 6.10. The van der Waals surface area contributed by atoms with Gasteiger partial charge in [-0.2, -0.15) is 5.26 Å². The smallest absolute Gasteiger partial charge is 0.0628 e. The number of piperazine rings is 1. The van der Waals surface area contributed by atoms with Crippen molar-refractivity contribution in [2.75, 3.05) is 39.3 Å². The predicted octanol–water partition coefficient (Wildman–Crippen LogP) is 1.32. The van der Waals surface area contributed by atoms with Gasteiger partial charge in [0.1, 0.15) is 0 Å². The van der Waals surface area contributed by atoms with E-state index in [0.29, 0.717) is 5.41 Å². The maximum Gasteiger partial charge on any atom is 0.0628 e. The Kier molecular flexibility index (Phi) is 3.28. The third kappa shape index (κ3) is 2.70. The van der Waals surface area contributed by atoms with E-state index in [2.05, 4.69) is 22.8 Å². The molecule has 0 amide bonds. The third-order valence-electron chi connectivity index (χ3n) is 3.88. The molecule has 1 saturated carbocycles. The van der Waals surface area contributed by atoms with Gasteiger partial charge in [-0.1, -0.05) is 6.92 Å². The van der Waals surface area contributed by atoms with E-state index in [1.54, 1.807) is 0 Å². The van der Waals surface area contributed by atoms with Crippen LogP contribution in [-0.4, -0.2) is 49.1 Å². The first-order valence-electron chi connectivity index (χ1n) is 6.10. The van der Waals surface area contributed by atoms with Crippen LogP contribution in [-0.2, 0) is 0 Å². The van der Waals surface area contributed by atoms with Crippen molar-refractivity contribution in [3.8, 4) is 6.07 Å². The largest absolute Gasteiger partial charge is 0.301 e. The number of hydrogen-bond donors (Lipinski definition) is 0. The molecule has 1 aliphatic heterocycles. The number of rotatable bonds is 4. The summed E-state index contributed by atoms with van der Waals surface area (Å²) in [5, 5.41) is 8.77. The van der Waals surface area contributed by atoms with Gasteiger partial charge in [0.25, 0.3) is 0 Å². The summed E-state index contributed by atoms with van der Waals surface area (Å²) >= 11 is 0. The lowest BCUT2D eigenvalue weighted by atomic mass is 10.0. The standard InChI is InChI=1S/C12H21N3/c1-2-14-7-9-15(10-8-14)11-12(3-4-12)5-6-13/h2-5,7-11H2,1H3. The highest BCUT2D eigenvalue weighted by atomic mass is 15.3. The molecule has 1 saturated heterocycles. The van der Waals surface area contributed by atoms with E-state index < -0.39 is 0 Å². The zero-order valence-electron chi connectivity index (χ0n) is 9.71. The lowest BCUT2D eigenvalue weighted by Crippen LogP contribution is -2.47. The van der Waals surface area contributed by atoms with Crippen LogP contribution in [0.1, 0.15) is 26.2 Å². The maximum absolute atomic E-state index is 8.77. The summed E-state index contributed by atoms with van der Waals surface area (Å²) in [6, 6.07) is 2.34. The van der Waals surface area contributed by atoms with Crippen molar-refractivity contribution in [3.63, 3.8) is 0 Å². The van der Waals surface area contributed by atoms with Gasteiger partial charge in [-0.05, 0) is 24.8 Å². The van der Waals surface area contributed by atoms with Gasteiger partial charge in [0, 0.05) is 39.1 Å². The van der Waals surface area contributed by atoms with Gasteiger partial charge >= 0.3 is 0 Å². The van der Waals surface area contributed by atoms with E-state index in [1.165, 1.54) is 45.6 Å². The minimum atomic E-state index is 0.392. The summed E-state index contributed by atoms with van der Waals surface area (Å²) in [6.07, 6.45) is 3.31. The second-order valence-electron chi connectivity index (χ2n) is 5.05. The molecule has 0 aromatic rings. The van der Waals surface area contributed by atoms with Crippen molar-refractivity contribution in [1.29, 1.82) is 5.26 Å². The first kappa shape index (κ1) is 10.9. The topological polar surface area (TPSA) is 30.3 Å². The third-order valence-corrected chi connectivity index (χ3v) is 3.88. The first-order chi connectivity index (χ1) is 7.28. The van der Waals surface area contributed by atoms with Gasteiger partial charge in [0.2, 0.25) is 0 Å². The van der Waals surface area contributed by atoms with Crippen LogP contribution in [0, 0.1) is 16.7 Å². The summed E-state index contributed by atoms with van der Waals surface area (Å²) in [4.78, 5) is 5.05. The quantitative estimate of drug-likeness (QED) is 0.696. The van der Waals surface area contributed by atoms with Crippen molar-refractivity contribution in [3.05, 3.63) is 0 Å². The molecule has 15 heavy (non-hydrogen) atoms. The van der Waals surface area contributed by atoms with Crippen LogP contribution in [0.25, 0.3) is 0 Å². The predicted molar refractivity (Wildman–Crippen MR) is 60.5 cm³/mol. The Morgan fingerprint density at radius 2 is 1.73 bits per heavy atom. The van der Waals surface area contributed by atoms with Crippen LogP contribution in [0.4, 0.5) is 0 Å². The molecule has 0 atom stereocenters.